The first-order valence-corrected chi connectivity index (χ1v) is 13.6. The molecule has 0 unspecified atom stereocenters. The first kappa shape index (κ1) is 25.4. The van der Waals surface area contributed by atoms with Crippen LogP contribution in [0.2, 0.25) is 0 Å². The average molecular weight is 494 g/mol. The minimum atomic E-state index is -3.95. The number of rotatable bonds is 11. The van der Waals surface area contributed by atoms with E-state index in [9.17, 15) is 13.2 Å². The van der Waals surface area contributed by atoms with E-state index in [1.54, 1.807) is 48.5 Å². The fourth-order valence-corrected chi connectivity index (χ4v) is 5.26. The lowest BCUT2D eigenvalue weighted by atomic mass is 10.3. The van der Waals surface area contributed by atoms with Gasteiger partial charge in [-0.05, 0) is 61.7 Å². The average Bonchev–Trinajstić information content (AvgIpc) is 2.84. The van der Waals surface area contributed by atoms with Gasteiger partial charge in [0.05, 0.1) is 30.4 Å². The van der Waals surface area contributed by atoms with Crippen LogP contribution < -0.4 is 14.4 Å². The zero-order valence-electron chi connectivity index (χ0n) is 19.0. The number of sulfonamides is 1. The number of thioether (sulfide) groups is 1. The summed E-state index contributed by atoms with van der Waals surface area (Å²) in [5.74, 6) is 0.277. The molecule has 10 heteroatoms. The van der Waals surface area contributed by atoms with Crippen LogP contribution in [0.15, 0.2) is 58.3 Å². The Bertz CT molecular complexity index is 992. The van der Waals surface area contributed by atoms with Crippen molar-refractivity contribution in [2.45, 2.75) is 16.7 Å². The van der Waals surface area contributed by atoms with Crippen LogP contribution in [-0.2, 0) is 19.6 Å². The van der Waals surface area contributed by atoms with Crippen molar-refractivity contribution in [2.24, 2.45) is 0 Å². The lowest BCUT2D eigenvalue weighted by molar-refractivity contribution is -0.119. The zero-order valence-corrected chi connectivity index (χ0v) is 20.7. The molecule has 0 bridgehead atoms. The smallest absolute Gasteiger partial charge is 0.264 e. The fraction of sp³-hybridized carbons (Fsp3) is 0.435. The van der Waals surface area contributed by atoms with Crippen molar-refractivity contribution in [1.29, 1.82) is 0 Å². The summed E-state index contributed by atoms with van der Waals surface area (Å²) in [6.07, 6.45) is 1.93. The molecule has 2 aromatic carbocycles. The van der Waals surface area contributed by atoms with E-state index in [4.69, 9.17) is 9.47 Å². The van der Waals surface area contributed by atoms with E-state index >= 15 is 0 Å². The number of amides is 1. The van der Waals surface area contributed by atoms with Crippen molar-refractivity contribution < 1.29 is 22.7 Å². The van der Waals surface area contributed by atoms with E-state index in [-0.39, 0.29) is 17.3 Å². The largest absolute Gasteiger partial charge is 0.494 e. The molecule has 1 fully saturated rings. The first-order chi connectivity index (χ1) is 15.9. The first-order valence-electron chi connectivity index (χ1n) is 10.9. The Hall–Kier alpha value is -2.27. The molecule has 0 radical (unpaired) electrons. The predicted molar refractivity (Wildman–Crippen MR) is 131 cm³/mol. The van der Waals surface area contributed by atoms with Crippen molar-refractivity contribution >= 4 is 33.4 Å². The van der Waals surface area contributed by atoms with Crippen molar-refractivity contribution in [3.8, 4) is 5.75 Å². The second-order valence-electron chi connectivity index (χ2n) is 7.42. The maximum Gasteiger partial charge on any atom is 0.264 e. The summed E-state index contributed by atoms with van der Waals surface area (Å²) in [6.45, 7) is 6.24. The van der Waals surface area contributed by atoms with Crippen LogP contribution in [0.3, 0.4) is 0 Å². The van der Waals surface area contributed by atoms with Crippen molar-refractivity contribution in [2.75, 3.05) is 63.1 Å². The highest BCUT2D eigenvalue weighted by molar-refractivity contribution is 7.98. The van der Waals surface area contributed by atoms with Crippen LogP contribution >= 0.6 is 11.8 Å². The number of nitrogens with one attached hydrogen (secondary N) is 1. The highest BCUT2D eigenvalue weighted by Crippen LogP contribution is 2.27. The number of nitrogens with zero attached hydrogens (tertiary/aromatic N) is 2. The van der Waals surface area contributed by atoms with Gasteiger partial charge in [0.1, 0.15) is 12.3 Å². The molecule has 0 aromatic heterocycles. The molecule has 3 rings (SSSR count). The highest BCUT2D eigenvalue weighted by atomic mass is 32.2. The number of hydrogen-bond donors (Lipinski definition) is 1. The van der Waals surface area contributed by atoms with Gasteiger partial charge in [0, 0.05) is 31.1 Å². The molecule has 1 heterocycles. The number of hydrogen-bond acceptors (Lipinski definition) is 7. The number of benzene rings is 2. The third kappa shape index (κ3) is 7.10. The van der Waals surface area contributed by atoms with Crippen LogP contribution in [0, 0.1) is 0 Å². The molecule has 0 aliphatic carbocycles. The predicted octanol–water partition coefficient (Wildman–Crippen LogP) is 2.45. The number of anilines is 1. The Morgan fingerprint density at radius 3 is 2.39 bits per heavy atom. The second kappa shape index (κ2) is 12.3. The summed E-state index contributed by atoms with van der Waals surface area (Å²) < 4.78 is 38.9. The SMILES string of the molecule is CCOc1ccc(N(CC(=O)NCCN2CCOCC2)S(=O)(=O)c2ccc(SC)cc2)cc1. The fourth-order valence-electron chi connectivity index (χ4n) is 3.43. The minimum absolute atomic E-state index is 0.135. The summed E-state index contributed by atoms with van der Waals surface area (Å²) in [6, 6.07) is 13.4. The third-order valence-electron chi connectivity index (χ3n) is 5.22. The monoisotopic (exact) mass is 493 g/mol. The second-order valence-corrected chi connectivity index (χ2v) is 10.2. The molecule has 1 amide bonds. The molecule has 8 nitrogen and oxygen atoms in total. The van der Waals surface area contributed by atoms with Crippen molar-refractivity contribution in [1.82, 2.24) is 10.2 Å². The van der Waals surface area contributed by atoms with Gasteiger partial charge in [-0.25, -0.2) is 8.42 Å². The quantitative estimate of drug-likeness (QED) is 0.481. The lowest BCUT2D eigenvalue weighted by Crippen LogP contribution is -2.44. The van der Waals surface area contributed by atoms with Crippen LogP contribution in [0.25, 0.3) is 0 Å². The van der Waals surface area contributed by atoms with Crippen LogP contribution in [-0.4, -0.2) is 78.0 Å². The molecule has 1 saturated heterocycles. The van der Waals surface area contributed by atoms with Crippen molar-refractivity contribution in [3.05, 3.63) is 48.5 Å². The molecule has 1 N–H and O–H groups in total. The Morgan fingerprint density at radius 2 is 1.79 bits per heavy atom. The molecule has 0 saturated carbocycles. The van der Waals surface area contributed by atoms with Gasteiger partial charge in [0.15, 0.2) is 0 Å². The van der Waals surface area contributed by atoms with E-state index in [1.807, 2.05) is 13.2 Å². The maximum absolute atomic E-state index is 13.5. The highest BCUT2D eigenvalue weighted by Gasteiger charge is 2.27. The van der Waals surface area contributed by atoms with Gasteiger partial charge in [0.2, 0.25) is 5.91 Å². The van der Waals surface area contributed by atoms with Gasteiger partial charge < -0.3 is 14.8 Å². The zero-order chi connectivity index (χ0) is 23.7. The van der Waals surface area contributed by atoms with E-state index in [2.05, 4.69) is 10.2 Å². The van der Waals surface area contributed by atoms with Crippen LogP contribution in [0.4, 0.5) is 5.69 Å². The molecular formula is C23H31N3O5S2. The summed E-state index contributed by atoms with van der Waals surface area (Å²) >= 11 is 1.53. The van der Waals surface area contributed by atoms with E-state index in [0.29, 0.717) is 44.3 Å². The van der Waals surface area contributed by atoms with Gasteiger partial charge in [-0.15, -0.1) is 11.8 Å². The maximum atomic E-state index is 13.5. The number of ether oxygens (including phenoxy) is 2. The minimum Gasteiger partial charge on any atom is -0.494 e. The third-order valence-corrected chi connectivity index (χ3v) is 7.76. The van der Waals surface area contributed by atoms with Gasteiger partial charge in [-0.2, -0.15) is 0 Å². The number of carbonyl (C=O) groups is 1. The standard InChI is InChI=1S/C23H31N3O5S2/c1-3-31-20-6-4-19(5-7-20)26(33(28,29)22-10-8-21(32-2)9-11-22)18-23(27)24-12-13-25-14-16-30-17-15-25/h4-11H,3,12-18H2,1-2H3,(H,24,27). The topological polar surface area (TPSA) is 88.2 Å². The summed E-state index contributed by atoms with van der Waals surface area (Å²) in [5, 5.41) is 2.85. The van der Waals surface area contributed by atoms with Crippen LogP contribution in [0.5, 0.6) is 5.75 Å². The summed E-state index contributed by atoms with van der Waals surface area (Å²) in [4.78, 5) is 16.0. The molecule has 2 aromatic rings. The van der Waals surface area contributed by atoms with E-state index < -0.39 is 10.0 Å². The Balaban J connectivity index is 1.76. The van der Waals surface area contributed by atoms with Gasteiger partial charge >= 0.3 is 0 Å². The molecule has 0 atom stereocenters. The molecule has 0 spiro atoms. The van der Waals surface area contributed by atoms with E-state index in [0.717, 1.165) is 22.3 Å². The molecule has 33 heavy (non-hydrogen) atoms. The van der Waals surface area contributed by atoms with Crippen molar-refractivity contribution in [3.63, 3.8) is 0 Å². The normalized spacial score (nSPS) is 14.6. The van der Waals surface area contributed by atoms with E-state index in [1.165, 1.54) is 11.8 Å². The molecule has 180 valence electrons. The Kier molecular flexibility index (Phi) is 9.42. The lowest BCUT2D eigenvalue weighted by Gasteiger charge is -2.27. The summed E-state index contributed by atoms with van der Waals surface area (Å²) in [7, 11) is -3.95. The summed E-state index contributed by atoms with van der Waals surface area (Å²) in [5.41, 5.74) is 0.399. The molecular weight excluding hydrogens is 462 g/mol. The van der Waals surface area contributed by atoms with Gasteiger partial charge in [-0.3, -0.25) is 14.0 Å². The molecule has 1 aliphatic heterocycles. The molecule has 1 aliphatic rings. The van der Waals surface area contributed by atoms with Gasteiger partial charge in [0.25, 0.3) is 10.0 Å². The Labute approximate surface area is 200 Å². The Morgan fingerprint density at radius 1 is 1.12 bits per heavy atom. The van der Waals surface area contributed by atoms with Crippen LogP contribution in [0.1, 0.15) is 6.92 Å². The number of carbonyl (C=O) groups excluding carboxylic acids is 1. The van der Waals surface area contributed by atoms with Gasteiger partial charge in [-0.1, -0.05) is 0 Å². The number of morpholine rings is 1.